The standard InChI is InChI=1S/C15H19NO6/c1-4-12(17)21-10-7-6-9(15(3,16)14(19)20)8-11(10)22-13(18)5-2/h6-8H,4-5,16H2,1-3H3,(H,19,20)/t15-/m0/s1. The van der Waals surface area contributed by atoms with Crippen LogP contribution < -0.4 is 15.2 Å². The van der Waals surface area contributed by atoms with E-state index in [0.29, 0.717) is 0 Å². The molecule has 0 saturated heterocycles. The second-order valence-electron chi connectivity index (χ2n) is 4.82. The highest BCUT2D eigenvalue weighted by Gasteiger charge is 2.31. The summed E-state index contributed by atoms with van der Waals surface area (Å²) in [7, 11) is 0. The van der Waals surface area contributed by atoms with Gasteiger partial charge in [-0.25, -0.2) is 4.79 Å². The van der Waals surface area contributed by atoms with Crippen LogP contribution in [0.5, 0.6) is 11.5 Å². The third kappa shape index (κ3) is 4.05. The van der Waals surface area contributed by atoms with Gasteiger partial charge >= 0.3 is 17.9 Å². The SMILES string of the molecule is CCC(=O)Oc1ccc([C@](C)(N)C(=O)O)cc1OC(=O)CC. The van der Waals surface area contributed by atoms with Crippen LogP contribution in [0.15, 0.2) is 18.2 Å². The van der Waals surface area contributed by atoms with Crippen molar-refractivity contribution in [1.29, 1.82) is 0 Å². The van der Waals surface area contributed by atoms with Crippen LogP contribution in [-0.2, 0) is 19.9 Å². The molecule has 0 aliphatic rings. The van der Waals surface area contributed by atoms with E-state index < -0.39 is 23.4 Å². The number of ether oxygens (including phenoxy) is 2. The third-order valence-electron chi connectivity index (χ3n) is 3.01. The Morgan fingerprint density at radius 3 is 2.05 bits per heavy atom. The number of carboxylic acids is 1. The van der Waals surface area contributed by atoms with Gasteiger partial charge in [-0.2, -0.15) is 0 Å². The number of rotatable bonds is 6. The number of carboxylic acid groups (broad SMARTS) is 1. The second kappa shape index (κ2) is 7.04. The molecule has 0 amide bonds. The van der Waals surface area contributed by atoms with E-state index in [4.69, 9.17) is 20.3 Å². The lowest BCUT2D eigenvalue weighted by atomic mass is 9.93. The van der Waals surface area contributed by atoms with Crippen LogP contribution in [0.25, 0.3) is 0 Å². The maximum atomic E-state index is 11.5. The lowest BCUT2D eigenvalue weighted by Crippen LogP contribution is -2.41. The Morgan fingerprint density at radius 1 is 1.09 bits per heavy atom. The van der Waals surface area contributed by atoms with Crippen LogP contribution in [0, 0.1) is 0 Å². The van der Waals surface area contributed by atoms with Crippen LogP contribution in [-0.4, -0.2) is 23.0 Å². The molecule has 1 aromatic carbocycles. The molecule has 0 unspecified atom stereocenters. The minimum absolute atomic E-state index is 0.0379. The van der Waals surface area contributed by atoms with Gasteiger partial charge in [0.25, 0.3) is 0 Å². The Morgan fingerprint density at radius 2 is 1.59 bits per heavy atom. The van der Waals surface area contributed by atoms with E-state index >= 15 is 0 Å². The van der Waals surface area contributed by atoms with Crippen LogP contribution in [0.1, 0.15) is 39.2 Å². The monoisotopic (exact) mass is 309 g/mol. The number of aliphatic carboxylic acids is 1. The zero-order chi connectivity index (χ0) is 16.9. The third-order valence-corrected chi connectivity index (χ3v) is 3.01. The molecule has 0 spiro atoms. The predicted octanol–water partition coefficient (Wildman–Crippen LogP) is 1.58. The normalized spacial score (nSPS) is 13.1. The number of benzene rings is 1. The van der Waals surface area contributed by atoms with Crippen LogP contribution in [0.3, 0.4) is 0 Å². The molecule has 7 heteroatoms. The average molecular weight is 309 g/mol. The second-order valence-corrected chi connectivity index (χ2v) is 4.82. The van der Waals surface area contributed by atoms with E-state index in [1.54, 1.807) is 13.8 Å². The molecule has 0 heterocycles. The maximum absolute atomic E-state index is 11.5. The van der Waals surface area contributed by atoms with Crippen LogP contribution in [0.2, 0.25) is 0 Å². The number of carbonyl (C=O) groups excluding carboxylic acids is 2. The first-order valence-electron chi connectivity index (χ1n) is 6.80. The Bertz CT molecular complexity index is 594. The van der Waals surface area contributed by atoms with Crippen molar-refractivity contribution in [2.45, 2.75) is 39.2 Å². The Kier molecular flexibility index (Phi) is 5.64. The molecule has 1 atom stereocenters. The van der Waals surface area contributed by atoms with E-state index in [9.17, 15) is 14.4 Å². The minimum atomic E-state index is -1.67. The van der Waals surface area contributed by atoms with Crippen molar-refractivity contribution in [2.24, 2.45) is 5.73 Å². The number of hydrogen-bond donors (Lipinski definition) is 2. The van der Waals surface area contributed by atoms with Gasteiger partial charge in [-0.3, -0.25) is 9.59 Å². The molecule has 0 aromatic heterocycles. The molecule has 0 bridgehead atoms. The fourth-order valence-electron chi connectivity index (χ4n) is 1.51. The quantitative estimate of drug-likeness (QED) is 0.605. The van der Waals surface area contributed by atoms with Gasteiger partial charge in [-0.15, -0.1) is 0 Å². The van der Waals surface area contributed by atoms with Gasteiger partial charge in [0.2, 0.25) is 0 Å². The topological polar surface area (TPSA) is 116 Å². The Hall–Kier alpha value is -2.41. The van der Waals surface area contributed by atoms with Crippen molar-refractivity contribution in [3.63, 3.8) is 0 Å². The summed E-state index contributed by atoms with van der Waals surface area (Å²) < 4.78 is 10.2. The van der Waals surface area contributed by atoms with Crippen LogP contribution in [0.4, 0.5) is 0 Å². The number of carbonyl (C=O) groups is 3. The molecule has 22 heavy (non-hydrogen) atoms. The molecule has 3 N–H and O–H groups in total. The highest BCUT2D eigenvalue weighted by atomic mass is 16.6. The summed E-state index contributed by atoms with van der Waals surface area (Å²) in [5.41, 5.74) is 4.29. The van der Waals surface area contributed by atoms with Gasteiger partial charge in [-0.05, 0) is 24.6 Å². The maximum Gasteiger partial charge on any atom is 0.328 e. The molecule has 0 aliphatic heterocycles. The lowest BCUT2D eigenvalue weighted by molar-refractivity contribution is -0.143. The van der Waals surface area contributed by atoms with Gasteiger partial charge in [-0.1, -0.05) is 19.9 Å². The zero-order valence-corrected chi connectivity index (χ0v) is 12.7. The first kappa shape index (κ1) is 17.6. The summed E-state index contributed by atoms with van der Waals surface area (Å²) in [6.07, 6.45) is 0.261. The van der Waals surface area contributed by atoms with Crippen molar-refractivity contribution >= 4 is 17.9 Å². The zero-order valence-electron chi connectivity index (χ0n) is 12.7. The molecule has 0 aliphatic carbocycles. The highest BCUT2D eigenvalue weighted by molar-refractivity contribution is 5.81. The number of hydrogen-bond acceptors (Lipinski definition) is 6. The molecular weight excluding hydrogens is 290 g/mol. The predicted molar refractivity (Wildman–Crippen MR) is 77.5 cm³/mol. The summed E-state index contributed by atoms with van der Waals surface area (Å²) in [5.74, 6) is -2.28. The van der Waals surface area contributed by atoms with Crippen molar-refractivity contribution in [2.75, 3.05) is 0 Å². The van der Waals surface area contributed by atoms with Gasteiger partial charge in [0, 0.05) is 12.8 Å². The van der Waals surface area contributed by atoms with E-state index in [2.05, 4.69) is 0 Å². The minimum Gasteiger partial charge on any atom is -0.480 e. The Labute approximate surface area is 128 Å². The molecule has 1 aromatic rings. The average Bonchev–Trinajstić information content (AvgIpc) is 2.48. The largest absolute Gasteiger partial charge is 0.480 e. The number of esters is 2. The summed E-state index contributed by atoms with van der Waals surface area (Å²) in [6, 6.07) is 4.06. The fraction of sp³-hybridized carbons (Fsp3) is 0.400. The summed E-state index contributed by atoms with van der Waals surface area (Å²) in [5, 5.41) is 9.15. The molecular formula is C15H19NO6. The van der Waals surface area contributed by atoms with E-state index in [-0.39, 0.29) is 29.9 Å². The van der Waals surface area contributed by atoms with Crippen molar-refractivity contribution < 1.29 is 29.0 Å². The smallest absolute Gasteiger partial charge is 0.328 e. The van der Waals surface area contributed by atoms with E-state index in [1.165, 1.54) is 25.1 Å². The summed E-state index contributed by atoms with van der Waals surface area (Å²) in [4.78, 5) is 34.1. The molecule has 0 fully saturated rings. The summed E-state index contributed by atoms with van der Waals surface area (Å²) in [6.45, 7) is 4.54. The van der Waals surface area contributed by atoms with Gasteiger partial charge < -0.3 is 20.3 Å². The number of nitrogens with two attached hydrogens (primary N) is 1. The fourth-order valence-corrected chi connectivity index (χ4v) is 1.51. The van der Waals surface area contributed by atoms with Gasteiger partial charge in [0.1, 0.15) is 5.54 Å². The van der Waals surface area contributed by atoms with Crippen molar-refractivity contribution in [3.05, 3.63) is 23.8 Å². The molecule has 1 rings (SSSR count). The first-order valence-corrected chi connectivity index (χ1v) is 6.80. The molecule has 120 valence electrons. The van der Waals surface area contributed by atoms with Crippen LogP contribution >= 0.6 is 0 Å². The van der Waals surface area contributed by atoms with Crippen molar-refractivity contribution in [3.8, 4) is 11.5 Å². The molecule has 7 nitrogen and oxygen atoms in total. The van der Waals surface area contributed by atoms with Gasteiger partial charge in [0.05, 0.1) is 0 Å². The van der Waals surface area contributed by atoms with Crippen molar-refractivity contribution in [1.82, 2.24) is 0 Å². The first-order chi connectivity index (χ1) is 10.2. The Balaban J connectivity index is 3.27. The highest BCUT2D eigenvalue weighted by Crippen LogP contribution is 2.32. The van der Waals surface area contributed by atoms with Gasteiger partial charge in [0.15, 0.2) is 11.5 Å². The van der Waals surface area contributed by atoms with E-state index in [0.717, 1.165) is 0 Å². The molecule has 0 saturated carbocycles. The summed E-state index contributed by atoms with van der Waals surface area (Å²) >= 11 is 0. The van der Waals surface area contributed by atoms with E-state index in [1.807, 2.05) is 0 Å². The lowest BCUT2D eigenvalue weighted by Gasteiger charge is -2.21. The molecule has 0 radical (unpaired) electrons.